The maximum atomic E-state index is 12.3. The van der Waals surface area contributed by atoms with E-state index < -0.39 is 45.7 Å². The standard InChI is InChI=1S/C27H48O8Si4/c1-13-30-26(28)25(27(29)31-14-2)20-23-16-18-24(19-17-23)32-21-22(4)39(12,34-37(8,9)10)35-38(11,15-3)33-36(5,6)7/h16-20H,4,13-15,21H2,1-3,5-12H3. The molecular formula is C27H48O8Si4. The third kappa shape index (κ3) is 12.5. The fraction of sp³-hybridized carbons (Fsp3) is 0.556. The van der Waals surface area contributed by atoms with Crippen LogP contribution in [-0.2, 0) is 31.4 Å². The summed E-state index contributed by atoms with van der Waals surface area (Å²) in [5.41, 5.74) is 0.474. The van der Waals surface area contributed by atoms with Gasteiger partial charge in [0.2, 0.25) is 0 Å². The Kier molecular flexibility index (Phi) is 13.3. The van der Waals surface area contributed by atoms with E-state index in [9.17, 15) is 9.59 Å². The average molecular weight is 613 g/mol. The van der Waals surface area contributed by atoms with Gasteiger partial charge in [0.05, 0.1) is 13.2 Å². The Balaban J connectivity index is 3.12. The minimum atomic E-state index is -2.88. The third-order valence-electron chi connectivity index (χ3n) is 5.31. The molecule has 2 atom stereocenters. The third-order valence-corrected chi connectivity index (χ3v) is 19.5. The van der Waals surface area contributed by atoms with Crippen LogP contribution in [0.4, 0.5) is 0 Å². The van der Waals surface area contributed by atoms with Crippen LogP contribution in [0.3, 0.4) is 0 Å². The summed E-state index contributed by atoms with van der Waals surface area (Å²) in [4.78, 5) is 24.5. The Hall–Kier alpha value is -1.81. The van der Waals surface area contributed by atoms with Gasteiger partial charge in [-0.05, 0) is 96.0 Å². The molecule has 0 fully saturated rings. The van der Waals surface area contributed by atoms with E-state index >= 15 is 0 Å². The van der Waals surface area contributed by atoms with Crippen molar-refractivity contribution in [3.8, 4) is 5.75 Å². The number of rotatable bonds is 16. The second-order valence-corrected chi connectivity index (χ2v) is 27.9. The van der Waals surface area contributed by atoms with E-state index in [0.717, 1.165) is 11.2 Å². The summed E-state index contributed by atoms with van der Waals surface area (Å²) in [6, 6.07) is 7.87. The Morgan fingerprint density at radius 1 is 0.769 bits per heavy atom. The van der Waals surface area contributed by atoms with Crippen molar-refractivity contribution in [2.75, 3.05) is 19.8 Å². The molecule has 0 aromatic heterocycles. The van der Waals surface area contributed by atoms with Gasteiger partial charge >= 0.3 is 29.1 Å². The number of carbonyl (C=O) groups excluding carboxylic acids is 2. The number of benzene rings is 1. The highest BCUT2D eigenvalue weighted by molar-refractivity contribution is 6.92. The molecule has 8 nitrogen and oxygen atoms in total. The Morgan fingerprint density at radius 3 is 1.67 bits per heavy atom. The minimum absolute atomic E-state index is 0.157. The number of carbonyl (C=O) groups is 2. The van der Waals surface area contributed by atoms with E-state index in [2.05, 4.69) is 59.3 Å². The first-order valence-corrected chi connectivity index (χ1v) is 25.1. The molecule has 0 aliphatic rings. The van der Waals surface area contributed by atoms with Crippen molar-refractivity contribution in [2.45, 2.75) is 79.2 Å². The zero-order valence-corrected chi connectivity index (χ0v) is 29.7. The zero-order valence-electron chi connectivity index (χ0n) is 25.7. The summed E-state index contributed by atoms with van der Waals surface area (Å²) < 4.78 is 36.2. The van der Waals surface area contributed by atoms with Gasteiger partial charge in [0.1, 0.15) is 17.9 Å². The van der Waals surface area contributed by atoms with Crippen molar-refractivity contribution < 1.29 is 36.1 Å². The van der Waals surface area contributed by atoms with Crippen molar-refractivity contribution >= 4 is 51.8 Å². The predicted molar refractivity (Wildman–Crippen MR) is 166 cm³/mol. The van der Waals surface area contributed by atoms with Gasteiger partial charge in [-0.25, -0.2) is 9.59 Å². The first-order chi connectivity index (χ1) is 17.9. The minimum Gasteiger partial charge on any atom is -0.489 e. The maximum Gasteiger partial charge on any atom is 0.348 e. The summed E-state index contributed by atoms with van der Waals surface area (Å²) in [6.07, 6.45) is 1.45. The SMILES string of the molecule is C=C(COc1ccc(C=C(C(=O)OCC)C(=O)OCC)cc1)[Si](C)(O[Si](C)(C)C)O[Si](C)(CC)O[Si](C)(C)C. The van der Waals surface area contributed by atoms with E-state index in [1.54, 1.807) is 38.1 Å². The quantitative estimate of drug-likeness (QED) is 0.0682. The molecule has 220 valence electrons. The molecule has 0 saturated carbocycles. The van der Waals surface area contributed by atoms with Gasteiger partial charge in [0.15, 0.2) is 16.6 Å². The number of hydrogen-bond donors (Lipinski definition) is 0. The molecule has 0 bridgehead atoms. The summed E-state index contributed by atoms with van der Waals surface area (Å²) in [5.74, 6) is -0.833. The van der Waals surface area contributed by atoms with E-state index in [0.29, 0.717) is 11.3 Å². The first kappa shape index (κ1) is 35.2. The molecule has 12 heteroatoms. The fourth-order valence-corrected chi connectivity index (χ4v) is 20.6. The Bertz CT molecular complexity index is 994. The highest BCUT2D eigenvalue weighted by Crippen LogP contribution is 2.30. The molecule has 0 amide bonds. The summed E-state index contributed by atoms with van der Waals surface area (Å²) in [5, 5.41) is 0.798. The molecule has 1 aromatic carbocycles. The van der Waals surface area contributed by atoms with Gasteiger partial charge in [-0.1, -0.05) is 25.6 Å². The highest BCUT2D eigenvalue weighted by Gasteiger charge is 2.48. The van der Waals surface area contributed by atoms with Gasteiger partial charge in [-0.2, -0.15) is 0 Å². The van der Waals surface area contributed by atoms with E-state index in [-0.39, 0.29) is 25.4 Å². The Labute approximate surface area is 239 Å². The van der Waals surface area contributed by atoms with Crippen LogP contribution in [0.5, 0.6) is 5.75 Å². The lowest BCUT2D eigenvalue weighted by Gasteiger charge is -2.43. The molecular weight excluding hydrogens is 565 g/mol. The second-order valence-electron chi connectivity index (χ2n) is 11.4. The molecule has 39 heavy (non-hydrogen) atoms. The molecule has 0 N–H and O–H groups in total. The van der Waals surface area contributed by atoms with Crippen molar-refractivity contribution in [1.29, 1.82) is 0 Å². The lowest BCUT2D eigenvalue weighted by Crippen LogP contribution is -2.59. The zero-order chi connectivity index (χ0) is 30.1. The smallest absolute Gasteiger partial charge is 0.348 e. The van der Waals surface area contributed by atoms with Gasteiger partial charge < -0.3 is 26.6 Å². The largest absolute Gasteiger partial charge is 0.489 e. The molecule has 0 aliphatic carbocycles. The second kappa shape index (κ2) is 14.7. The number of ether oxygens (including phenoxy) is 3. The van der Waals surface area contributed by atoms with Crippen LogP contribution in [-0.4, -0.2) is 65.5 Å². The van der Waals surface area contributed by atoms with Gasteiger partial charge in [-0.3, -0.25) is 0 Å². The van der Waals surface area contributed by atoms with Crippen molar-refractivity contribution in [1.82, 2.24) is 0 Å². The van der Waals surface area contributed by atoms with Crippen LogP contribution in [0.2, 0.25) is 58.4 Å². The average Bonchev–Trinajstić information content (AvgIpc) is 2.79. The van der Waals surface area contributed by atoms with E-state index in [1.807, 2.05) is 6.55 Å². The fourth-order valence-electron chi connectivity index (χ4n) is 3.72. The van der Waals surface area contributed by atoms with Crippen LogP contribution in [0, 0.1) is 0 Å². The van der Waals surface area contributed by atoms with Crippen LogP contribution < -0.4 is 4.74 Å². The van der Waals surface area contributed by atoms with Crippen molar-refractivity contribution in [3.05, 3.63) is 47.2 Å². The molecule has 1 aromatic rings. The number of hydrogen-bond acceptors (Lipinski definition) is 8. The maximum absolute atomic E-state index is 12.3. The summed E-state index contributed by atoms with van der Waals surface area (Å²) >= 11 is 0. The Morgan fingerprint density at radius 2 is 1.26 bits per heavy atom. The van der Waals surface area contributed by atoms with Gasteiger partial charge in [-0.15, -0.1) is 0 Å². The molecule has 0 saturated heterocycles. The van der Waals surface area contributed by atoms with E-state index in [1.165, 1.54) is 6.08 Å². The monoisotopic (exact) mass is 612 g/mol. The van der Waals surface area contributed by atoms with Gasteiger partial charge in [0.25, 0.3) is 0 Å². The van der Waals surface area contributed by atoms with Crippen LogP contribution in [0.15, 0.2) is 41.6 Å². The molecule has 0 spiro atoms. The van der Waals surface area contributed by atoms with Crippen molar-refractivity contribution in [2.24, 2.45) is 0 Å². The first-order valence-electron chi connectivity index (χ1n) is 13.4. The summed E-state index contributed by atoms with van der Waals surface area (Å²) in [7, 11) is -9.18. The van der Waals surface area contributed by atoms with Crippen molar-refractivity contribution in [3.63, 3.8) is 0 Å². The molecule has 2 unspecified atom stereocenters. The molecule has 1 rings (SSSR count). The van der Waals surface area contributed by atoms with Crippen LogP contribution >= 0.6 is 0 Å². The van der Waals surface area contributed by atoms with Gasteiger partial charge in [0, 0.05) is 5.20 Å². The predicted octanol–water partition coefficient (Wildman–Crippen LogP) is 6.55. The lowest BCUT2D eigenvalue weighted by atomic mass is 10.1. The topological polar surface area (TPSA) is 89.5 Å². The van der Waals surface area contributed by atoms with Crippen LogP contribution in [0.25, 0.3) is 6.08 Å². The molecule has 0 aliphatic heterocycles. The van der Waals surface area contributed by atoms with E-state index in [4.69, 9.17) is 26.6 Å². The normalized spacial score (nSPS) is 14.9. The molecule has 0 heterocycles. The summed E-state index contributed by atoms with van der Waals surface area (Å²) in [6.45, 7) is 27.5. The lowest BCUT2D eigenvalue weighted by molar-refractivity contribution is -0.146. The molecule has 0 radical (unpaired) electrons. The highest BCUT2D eigenvalue weighted by atomic mass is 28.5. The number of esters is 2. The van der Waals surface area contributed by atoms with Crippen LogP contribution in [0.1, 0.15) is 26.3 Å².